The topological polar surface area (TPSA) is 99.8 Å². The van der Waals surface area contributed by atoms with Crippen LogP contribution in [-0.2, 0) is 7.05 Å². The van der Waals surface area contributed by atoms with E-state index in [2.05, 4.69) is 30.2 Å². The van der Waals surface area contributed by atoms with Crippen molar-refractivity contribution in [2.45, 2.75) is 6.92 Å². The summed E-state index contributed by atoms with van der Waals surface area (Å²) in [7, 11) is 1.85. The van der Waals surface area contributed by atoms with E-state index in [1.165, 1.54) is 0 Å². The molecule has 5 aromatic rings. The molecule has 9 heteroatoms. The average Bonchev–Trinajstić information content (AvgIpc) is 3.33. The molecule has 0 aliphatic rings. The Balaban J connectivity index is 1.69. The lowest BCUT2D eigenvalue weighted by Crippen LogP contribution is -1.94. The van der Waals surface area contributed by atoms with E-state index >= 15 is 0 Å². The van der Waals surface area contributed by atoms with Gasteiger partial charge < -0.3 is 4.52 Å². The van der Waals surface area contributed by atoms with Crippen molar-refractivity contribution in [2.24, 2.45) is 7.05 Å². The number of aryl methyl sites for hydroxylation is 2. The zero-order valence-electron chi connectivity index (χ0n) is 13.5. The van der Waals surface area contributed by atoms with Crippen molar-refractivity contribution in [3.63, 3.8) is 0 Å². The molecule has 0 fully saturated rings. The van der Waals surface area contributed by atoms with Crippen molar-refractivity contribution in [3.8, 4) is 23.0 Å². The normalized spacial score (nSPS) is 11.6. The van der Waals surface area contributed by atoms with Gasteiger partial charge in [0.2, 0.25) is 5.82 Å². The Morgan fingerprint density at radius 3 is 2.96 bits per heavy atom. The van der Waals surface area contributed by atoms with Gasteiger partial charge in [-0.05, 0) is 13.0 Å². The molecule has 0 saturated carbocycles. The van der Waals surface area contributed by atoms with Crippen LogP contribution in [0.3, 0.4) is 0 Å². The fourth-order valence-electron chi connectivity index (χ4n) is 2.86. The summed E-state index contributed by atoms with van der Waals surface area (Å²) in [5, 5.41) is 9.24. The van der Waals surface area contributed by atoms with Gasteiger partial charge in [-0.15, -0.1) is 0 Å². The Kier molecular flexibility index (Phi) is 2.72. The summed E-state index contributed by atoms with van der Waals surface area (Å²) in [4.78, 5) is 17.4. The minimum absolute atomic E-state index is 0.419. The van der Waals surface area contributed by atoms with Gasteiger partial charge in [-0.3, -0.25) is 14.1 Å². The summed E-state index contributed by atoms with van der Waals surface area (Å²) in [6, 6.07) is 1.92. The highest BCUT2D eigenvalue weighted by Crippen LogP contribution is 2.29. The van der Waals surface area contributed by atoms with Gasteiger partial charge >= 0.3 is 0 Å². The second-order valence-corrected chi connectivity index (χ2v) is 5.69. The fraction of sp³-hybridized carbons (Fsp3) is 0.125. The summed E-state index contributed by atoms with van der Waals surface area (Å²) >= 11 is 0. The number of hydrogen-bond donors (Lipinski definition) is 0. The van der Waals surface area contributed by atoms with Crippen molar-refractivity contribution in [1.82, 2.24) is 39.3 Å². The molecule has 0 amide bonds. The second kappa shape index (κ2) is 4.94. The van der Waals surface area contributed by atoms with E-state index in [4.69, 9.17) is 4.52 Å². The van der Waals surface area contributed by atoms with Gasteiger partial charge in [-0.1, -0.05) is 5.16 Å². The van der Waals surface area contributed by atoms with Crippen LogP contribution in [0.1, 0.15) is 5.69 Å². The molecule has 0 aliphatic carbocycles. The molecular formula is C16H12N8O. The van der Waals surface area contributed by atoms with Crippen molar-refractivity contribution in [1.29, 1.82) is 0 Å². The molecule has 0 aliphatic heterocycles. The minimum atomic E-state index is 0.419. The summed E-state index contributed by atoms with van der Waals surface area (Å²) < 4.78 is 9.10. The van der Waals surface area contributed by atoms with Crippen LogP contribution in [0.25, 0.3) is 39.7 Å². The zero-order chi connectivity index (χ0) is 17.0. The lowest BCUT2D eigenvalue weighted by Gasteiger charge is -2.00. The first-order valence-electron chi connectivity index (χ1n) is 7.61. The standard InChI is InChI=1S/C16H12N8O/c1-9-5-10(11-6-19-23(2)15(11)20-9)16-21-14(22-25-16)12-7-18-13-8-17-3-4-24(12)13/h3-8H,1-2H3. The molecule has 0 N–H and O–H groups in total. The Bertz CT molecular complexity index is 1230. The van der Waals surface area contributed by atoms with E-state index in [0.717, 1.165) is 33.6 Å². The molecule has 5 rings (SSSR count). The maximum absolute atomic E-state index is 5.51. The van der Waals surface area contributed by atoms with Crippen LogP contribution in [-0.4, -0.2) is 39.3 Å². The van der Waals surface area contributed by atoms with Crippen LogP contribution >= 0.6 is 0 Å². The predicted octanol–water partition coefficient (Wildman–Crippen LogP) is 2.04. The first-order chi connectivity index (χ1) is 12.2. The maximum Gasteiger partial charge on any atom is 0.259 e. The van der Waals surface area contributed by atoms with E-state index < -0.39 is 0 Å². The summed E-state index contributed by atoms with van der Waals surface area (Å²) in [5.74, 6) is 0.878. The molecule has 0 radical (unpaired) electrons. The zero-order valence-corrected chi connectivity index (χ0v) is 13.5. The van der Waals surface area contributed by atoms with E-state index in [1.807, 2.05) is 30.6 Å². The SMILES string of the molecule is Cc1cc(-c2nc(-c3cnc4cnccn34)no2)c2cnn(C)c2n1. The number of rotatable bonds is 2. The summed E-state index contributed by atoms with van der Waals surface area (Å²) in [6.07, 6.45) is 8.62. The lowest BCUT2D eigenvalue weighted by atomic mass is 10.1. The Morgan fingerprint density at radius 2 is 2.04 bits per heavy atom. The third kappa shape index (κ3) is 2.02. The number of pyridine rings is 1. The number of nitrogens with zero attached hydrogens (tertiary/aromatic N) is 8. The third-order valence-corrected chi connectivity index (χ3v) is 4.04. The van der Waals surface area contributed by atoms with Gasteiger partial charge in [0.25, 0.3) is 5.89 Å². The number of fused-ring (bicyclic) bond motifs is 2. The number of hydrogen-bond acceptors (Lipinski definition) is 7. The molecule has 9 nitrogen and oxygen atoms in total. The van der Waals surface area contributed by atoms with Crippen LogP contribution in [0.5, 0.6) is 0 Å². The van der Waals surface area contributed by atoms with Crippen LogP contribution in [0, 0.1) is 6.92 Å². The van der Waals surface area contributed by atoms with Crippen molar-refractivity contribution in [3.05, 3.63) is 42.7 Å². The first kappa shape index (κ1) is 13.8. The van der Waals surface area contributed by atoms with Crippen molar-refractivity contribution < 1.29 is 4.52 Å². The molecule has 0 spiro atoms. The maximum atomic E-state index is 5.51. The van der Waals surface area contributed by atoms with Gasteiger partial charge in [0.1, 0.15) is 5.69 Å². The van der Waals surface area contributed by atoms with E-state index in [9.17, 15) is 0 Å². The molecule has 0 saturated heterocycles. The predicted molar refractivity (Wildman–Crippen MR) is 88.5 cm³/mol. The Hall–Kier alpha value is -3.62. The highest BCUT2D eigenvalue weighted by molar-refractivity contribution is 5.90. The molecule has 0 atom stereocenters. The lowest BCUT2D eigenvalue weighted by molar-refractivity contribution is 0.432. The Labute approximate surface area is 141 Å². The van der Waals surface area contributed by atoms with Gasteiger partial charge in [-0.2, -0.15) is 10.1 Å². The first-order valence-corrected chi connectivity index (χ1v) is 7.61. The number of imidazole rings is 1. The van der Waals surface area contributed by atoms with Gasteiger partial charge in [0.05, 0.1) is 29.5 Å². The van der Waals surface area contributed by atoms with Gasteiger partial charge in [0, 0.05) is 25.1 Å². The molecule has 25 heavy (non-hydrogen) atoms. The van der Waals surface area contributed by atoms with Gasteiger partial charge in [0.15, 0.2) is 11.3 Å². The summed E-state index contributed by atoms with van der Waals surface area (Å²) in [6.45, 7) is 1.92. The quantitative estimate of drug-likeness (QED) is 0.487. The second-order valence-electron chi connectivity index (χ2n) is 5.69. The highest BCUT2D eigenvalue weighted by atomic mass is 16.5. The summed E-state index contributed by atoms with van der Waals surface area (Å²) in [5.41, 5.74) is 3.89. The van der Waals surface area contributed by atoms with Crippen LogP contribution in [0.2, 0.25) is 0 Å². The third-order valence-electron chi connectivity index (χ3n) is 4.04. The molecular weight excluding hydrogens is 320 g/mol. The molecule has 5 aromatic heterocycles. The van der Waals surface area contributed by atoms with Crippen molar-refractivity contribution in [2.75, 3.05) is 0 Å². The monoisotopic (exact) mass is 332 g/mol. The van der Waals surface area contributed by atoms with E-state index in [0.29, 0.717) is 11.7 Å². The molecule has 5 heterocycles. The highest BCUT2D eigenvalue weighted by Gasteiger charge is 2.18. The van der Waals surface area contributed by atoms with Crippen molar-refractivity contribution >= 4 is 16.7 Å². The van der Waals surface area contributed by atoms with E-state index in [1.54, 1.807) is 29.5 Å². The fourth-order valence-corrected chi connectivity index (χ4v) is 2.86. The number of aromatic nitrogens is 8. The molecule has 0 aromatic carbocycles. The van der Waals surface area contributed by atoms with Crippen LogP contribution < -0.4 is 0 Å². The van der Waals surface area contributed by atoms with Crippen LogP contribution in [0.4, 0.5) is 0 Å². The molecule has 0 bridgehead atoms. The average molecular weight is 332 g/mol. The van der Waals surface area contributed by atoms with Gasteiger partial charge in [-0.25, -0.2) is 9.97 Å². The Morgan fingerprint density at radius 1 is 1.12 bits per heavy atom. The minimum Gasteiger partial charge on any atom is -0.334 e. The van der Waals surface area contributed by atoms with Crippen LogP contribution in [0.15, 0.2) is 41.6 Å². The molecule has 0 unspecified atom stereocenters. The largest absolute Gasteiger partial charge is 0.334 e. The molecule has 122 valence electrons. The smallest absolute Gasteiger partial charge is 0.259 e. The van der Waals surface area contributed by atoms with E-state index in [-0.39, 0.29) is 0 Å².